The highest BCUT2D eigenvalue weighted by atomic mass is 16.6. The van der Waals surface area contributed by atoms with Gasteiger partial charge in [-0.1, -0.05) is 25.3 Å². The number of anilines is 1. The molecule has 1 aliphatic rings. The fourth-order valence-electron chi connectivity index (χ4n) is 2.56. The van der Waals surface area contributed by atoms with Crippen molar-refractivity contribution in [1.29, 1.82) is 0 Å². The van der Waals surface area contributed by atoms with Crippen molar-refractivity contribution in [3.8, 4) is 0 Å². The lowest BCUT2D eigenvalue weighted by molar-refractivity contribution is -0.384. The van der Waals surface area contributed by atoms with Crippen LogP contribution in [-0.4, -0.2) is 24.2 Å². The minimum atomic E-state index is -0.372. The average Bonchev–Trinajstić information content (AvgIpc) is 2.46. The molecule has 110 valence electrons. The van der Waals surface area contributed by atoms with Crippen molar-refractivity contribution in [3.05, 3.63) is 33.9 Å². The molecule has 2 rings (SSSR count). The Morgan fingerprint density at radius 1 is 1.35 bits per heavy atom. The largest absolute Gasteiger partial charge is 0.382 e. The van der Waals surface area contributed by atoms with E-state index >= 15 is 0 Å². The SMILES string of the molecule is Cc1ccc([N+](=O)[O-])cc1NCCOC1CCCCC1. The van der Waals surface area contributed by atoms with Gasteiger partial charge in [-0.2, -0.15) is 0 Å². The highest BCUT2D eigenvalue weighted by Gasteiger charge is 2.13. The predicted octanol–water partition coefficient (Wildman–Crippen LogP) is 3.66. The van der Waals surface area contributed by atoms with Gasteiger partial charge in [0.15, 0.2) is 0 Å². The Bertz CT molecular complexity index is 456. The Kier molecular flexibility index (Phi) is 5.35. The molecule has 20 heavy (non-hydrogen) atoms. The summed E-state index contributed by atoms with van der Waals surface area (Å²) >= 11 is 0. The zero-order valence-corrected chi connectivity index (χ0v) is 11.9. The molecule has 0 bridgehead atoms. The molecule has 5 nitrogen and oxygen atoms in total. The van der Waals surface area contributed by atoms with E-state index in [1.807, 2.05) is 6.92 Å². The molecular formula is C15H22N2O3. The van der Waals surface area contributed by atoms with Crippen molar-refractivity contribution in [3.63, 3.8) is 0 Å². The maximum Gasteiger partial charge on any atom is 0.271 e. The van der Waals surface area contributed by atoms with Crippen molar-refractivity contribution in [2.45, 2.75) is 45.1 Å². The third-order valence-corrected chi connectivity index (χ3v) is 3.76. The molecule has 0 spiro atoms. The van der Waals surface area contributed by atoms with Gasteiger partial charge in [0.05, 0.1) is 17.6 Å². The van der Waals surface area contributed by atoms with Crippen molar-refractivity contribution >= 4 is 11.4 Å². The molecule has 1 aliphatic carbocycles. The van der Waals surface area contributed by atoms with Crippen LogP contribution in [0.3, 0.4) is 0 Å². The maximum atomic E-state index is 10.8. The number of benzene rings is 1. The van der Waals surface area contributed by atoms with Gasteiger partial charge >= 0.3 is 0 Å². The number of rotatable bonds is 6. The average molecular weight is 278 g/mol. The molecule has 0 heterocycles. The Hall–Kier alpha value is -1.62. The van der Waals surface area contributed by atoms with Crippen LogP contribution in [0.15, 0.2) is 18.2 Å². The number of nitro benzene ring substituents is 1. The normalized spacial score (nSPS) is 16.1. The molecule has 1 fully saturated rings. The summed E-state index contributed by atoms with van der Waals surface area (Å²) < 4.78 is 5.83. The Morgan fingerprint density at radius 3 is 2.80 bits per heavy atom. The van der Waals surface area contributed by atoms with E-state index in [1.54, 1.807) is 12.1 Å². The van der Waals surface area contributed by atoms with Crippen LogP contribution >= 0.6 is 0 Å². The fraction of sp³-hybridized carbons (Fsp3) is 0.600. The molecule has 1 saturated carbocycles. The fourth-order valence-corrected chi connectivity index (χ4v) is 2.56. The smallest absolute Gasteiger partial charge is 0.271 e. The lowest BCUT2D eigenvalue weighted by Crippen LogP contribution is -2.20. The number of ether oxygens (including phenoxy) is 1. The summed E-state index contributed by atoms with van der Waals surface area (Å²) in [6, 6.07) is 4.87. The Balaban J connectivity index is 1.78. The second kappa shape index (κ2) is 7.24. The van der Waals surface area contributed by atoms with E-state index in [0.717, 1.165) is 24.1 Å². The van der Waals surface area contributed by atoms with E-state index in [9.17, 15) is 10.1 Å². The van der Waals surface area contributed by atoms with Gasteiger partial charge in [-0.3, -0.25) is 10.1 Å². The predicted molar refractivity (Wildman–Crippen MR) is 79.1 cm³/mol. The number of hydrogen-bond acceptors (Lipinski definition) is 4. The summed E-state index contributed by atoms with van der Waals surface area (Å²) in [6.45, 7) is 3.26. The van der Waals surface area contributed by atoms with Crippen LogP contribution in [0.25, 0.3) is 0 Å². The van der Waals surface area contributed by atoms with E-state index in [-0.39, 0.29) is 10.6 Å². The molecule has 1 aromatic rings. The van der Waals surface area contributed by atoms with Crippen LogP contribution in [-0.2, 0) is 4.74 Å². The van der Waals surface area contributed by atoms with E-state index in [0.29, 0.717) is 19.3 Å². The molecule has 0 radical (unpaired) electrons. The van der Waals surface area contributed by atoms with Crippen molar-refractivity contribution in [1.82, 2.24) is 0 Å². The molecule has 5 heteroatoms. The van der Waals surface area contributed by atoms with Gasteiger partial charge in [0, 0.05) is 24.4 Å². The summed E-state index contributed by atoms with van der Waals surface area (Å²) in [6.07, 6.45) is 6.58. The van der Waals surface area contributed by atoms with Crippen molar-refractivity contribution in [2.75, 3.05) is 18.5 Å². The van der Waals surface area contributed by atoms with E-state index < -0.39 is 0 Å². The van der Waals surface area contributed by atoms with Gasteiger partial charge in [0.1, 0.15) is 0 Å². The Morgan fingerprint density at radius 2 is 2.10 bits per heavy atom. The second-order valence-electron chi connectivity index (χ2n) is 5.31. The third-order valence-electron chi connectivity index (χ3n) is 3.76. The quantitative estimate of drug-likeness (QED) is 0.490. The van der Waals surface area contributed by atoms with Gasteiger partial charge < -0.3 is 10.1 Å². The summed E-state index contributed by atoms with van der Waals surface area (Å²) in [4.78, 5) is 10.4. The van der Waals surface area contributed by atoms with Gasteiger partial charge in [-0.05, 0) is 25.3 Å². The van der Waals surface area contributed by atoms with Crippen LogP contribution < -0.4 is 5.32 Å². The maximum absolute atomic E-state index is 10.8. The topological polar surface area (TPSA) is 64.4 Å². The zero-order valence-electron chi connectivity index (χ0n) is 11.9. The first-order valence-corrected chi connectivity index (χ1v) is 7.27. The highest BCUT2D eigenvalue weighted by molar-refractivity contribution is 5.56. The monoisotopic (exact) mass is 278 g/mol. The second-order valence-corrected chi connectivity index (χ2v) is 5.31. The minimum Gasteiger partial charge on any atom is -0.382 e. The van der Waals surface area contributed by atoms with Crippen LogP contribution in [0, 0.1) is 17.0 Å². The van der Waals surface area contributed by atoms with E-state index in [1.165, 1.54) is 25.3 Å². The van der Waals surface area contributed by atoms with Gasteiger partial charge in [-0.25, -0.2) is 0 Å². The molecule has 0 amide bonds. The van der Waals surface area contributed by atoms with Crippen LogP contribution in [0.2, 0.25) is 0 Å². The van der Waals surface area contributed by atoms with Crippen LogP contribution in [0.1, 0.15) is 37.7 Å². The van der Waals surface area contributed by atoms with E-state index in [4.69, 9.17) is 4.74 Å². The number of nitrogens with zero attached hydrogens (tertiary/aromatic N) is 1. The lowest BCUT2D eigenvalue weighted by Gasteiger charge is -2.22. The van der Waals surface area contributed by atoms with Gasteiger partial charge in [0.25, 0.3) is 5.69 Å². The minimum absolute atomic E-state index is 0.117. The first-order valence-electron chi connectivity index (χ1n) is 7.27. The Labute approximate surface area is 119 Å². The number of nitro groups is 1. The molecule has 1 N–H and O–H groups in total. The van der Waals surface area contributed by atoms with Crippen LogP contribution in [0.4, 0.5) is 11.4 Å². The standard InChI is InChI=1S/C15H22N2O3/c1-12-7-8-13(17(18)19)11-15(12)16-9-10-20-14-5-3-2-4-6-14/h7-8,11,14,16H,2-6,9-10H2,1H3. The van der Waals surface area contributed by atoms with Crippen molar-refractivity contribution in [2.24, 2.45) is 0 Å². The van der Waals surface area contributed by atoms with Crippen molar-refractivity contribution < 1.29 is 9.66 Å². The molecule has 0 saturated heterocycles. The number of hydrogen-bond donors (Lipinski definition) is 1. The molecule has 1 aromatic carbocycles. The number of non-ortho nitro benzene ring substituents is 1. The van der Waals surface area contributed by atoms with E-state index in [2.05, 4.69) is 5.32 Å². The summed E-state index contributed by atoms with van der Waals surface area (Å²) in [5.74, 6) is 0. The van der Waals surface area contributed by atoms with Gasteiger partial charge in [0.2, 0.25) is 0 Å². The number of aryl methyl sites for hydroxylation is 1. The molecular weight excluding hydrogens is 256 g/mol. The molecule has 0 aromatic heterocycles. The number of nitrogens with one attached hydrogen (secondary N) is 1. The molecule has 0 aliphatic heterocycles. The third kappa shape index (κ3) is 4.20. The van der Waals surface area contributed by atoms with Crippen LogP contribution in [0.5, 0.6) is 0 Å². The first-order chi connectivity index (χ1) is 9.66. The zero-order chi connectivity index (χ0) is 14.4. The summed E-state index contributed by atoms with van der Waals surface area (Å²) in [7, 11) is 0. The highest BCUT2D eigenvalue weighted by Crippen LogP contribution is 2.22. The summed E-state index contributed by atoms with van der Waals surface area (Å²) in [5.41, 5.74) is 1.94. The first kappa shape index (κ1) is 14.8. The van der Waals surface area contributed by atoms with Gasteiger partial charge in [-0.15, -0.1) is 0 Å². The molecule has 0 unspecified atom stereocenters. The summed E-state index contributed by atoms with van der Waals surface area (Å²) in [5, 5.41) is 14.0. The molecule has 0 atom stereocenters. The lowest BCUT2D eigenvalue weighted by atomic mass is 9.98.